The zero-order chi connectivity index (χ0) is 16.8. The van der Waals surface area contributed by atoms with Crippen LogP contribution in [-0.4, -0.2) is 51.0 Å². The van der Waals surface area contributed by atoms with Crippen LogP contribution in [0.4, 0.5) is 5.69 Å². The Bertz CT molecular complexity index is 534. The number of carbonyl (C=O) groups is 1. The molecule has 0 bridgehead atoms. The molecule has 1 aromatic rings. The summed E-state index contributed by atoms with van der Waals surface area (Å²) in [4.78, 5) is 12.6. The molecule has 2 saturated heterocycles. The summed E-state index contributed by atoms with van der Waals surface area (Å²) in [6.07, 6.45) is 3.72. The highest BCUT2D eigenvalue weighted by atomic mass is 16.5. The van der Waals surface area contributed by atoms with Crippen LogP contribution in [-0.2, 0) is 14.3 Å². The molecule has 0 radical (unpaired) electrons. The first kappa shape index (κ1) is 17.2. The molecular weight excluding hydrogens is 308 g/mol. The molecule has 1 atom stereocenters. The van der Waals surface area contributed by atoms with Gasteiger partial charge in [-0.15, -0.1) is 0 Å². The van der Waals surface area contributed by atoms with E-state index in [9.17, 15) is 4.79 Å². The molecule has 3 rings (SSSR count). The van der Waals surface area contributed by atoms with Gasteiger partial charge in [0, 0.05) is 19.4 Å². The Morgan fingerprint density at radius 1 is 1.33 bits per heavy atom. The highest BCUT2D eigenvalue weighted by molar-refractivity contribution is 5.97. The van der Waals surface area contributed by atoms with E-state index >= 15 is 0 Å². The van der Waals surface area contributed by atoms with Crippen LogP contribution >= 0.6 is 0 Å². The highest BCUT2D eigenvalue weighted by Crippen LogP contribution is 2.25. The number of nitrogens with one attached hydrogen (secondary N) is 2. The Morgan fingerprint density at radius 2 is 2.08 bits per heavy atom. The maximum atomic E-state index is 12.6. The lowest BCUT2D eigenvalue weighted by atomic mass is 9.91. The smallest absolute Gasteiger partial charge is 0.256 e. The minimum Gasteiger partial charge on any atom is -0.491 e. The van der Waals surface area contributed by atoms with Crippen molar-refractivity contribution in [3.8, 4) is 5.75 Å². The van der Waals surface area contributed by atoms with Gasteiger partial charge in [-0.25, -0.2) is 0 Å². The van der Waals surface area contributed by atoms with Gasteiger partial charge in [0.25, 0.3) is 5.91 Å². The summed E-state index contributed by atoms with van der Waals surface area (Å²) in [6.45, 7) is 2.98. The van der Waals surface area contributed by atoms with E-state index in [0.29, 0.717) is 19.4 Å². The van der Waals surface area contributed by atoms with E-state index in [2.05, 4.69) is 10.6 Å². The molecule has 1 amide bonds. The van der Waals surface area contributed by atoms with Crippen molar-refractivity contribution < 1.29 is 19.0 Å². The predicted octanol–water partition coefficient (Wildman–Crippen LogP) is 1.95. The largest absolute Gasteiger partial charge is 0.491 e. The van der Waals surface area contributed by atoms with Gasteiger partial charge in [0.15, 0.2) is 0 Å². The zero-order valence-electron chi connectivity index (χ0n) is 14.2. The summed E-state index contributed by atoms with van der Waals surface area (Å²) in [5.74, 6) is 0.700. The summed E-state index contributed by atoms with van der Waals surface area (Å²) in [5, 5.41) is 6.21. The number of rotatable bonds is 6. The fourth-order valence-corrected chi connectivity index (χ4v) is 3.20. The van der Waals surface area contributed by atoms with Crippen LogP contribution in [0.2, 0.25) is 0 Å². The quantitative estimate of drug-likeness (QED) is 0.832. The molecule has 6 heteroatoms. The van der Waals surface area contributed by atoms with Crippen LogP contribution in [0, 0.1) is 0 Å². The third kappa shape index (κ3) is 4.06. The predicted molar refractivity (Wildman–Crippen MR) is 91.4 cm³/mol. The first-order valence-electron chi connectivity index (χ1n) is 8.64. The lowest BCUT2D eigenvalue weighted by molar-refractivity contribution is -0.140. The van der Waals surface area contributed by atoms with E-state index in [1.54, 1.807) is 7.11 Å². The number of carbonyl (C=O) groups excluding carboxylic acids is 1. The second-order valence-electron chi connectivity index (χ2n) is 6.37. The van der Waals surface area contributed by atoms with E-state index in [4.69, 9.17) is 14.2 Å². The number of methoxy groups -OCH3 is 1. The van der Waals surface area contributed by atoms with Crippen LogP contribution in [0.25, 0.3) is 0 Å². The van der Waals surface area contributed by atoms with Crippen molar-refractivity contribution >= 4 is 11.6 Å². The molecule has 2 N–H and O–H groups in total. The van der Waals surface area contributed by atoms with Gasteiger partial charge in [-0.1, -0.05) is 0 Å². The summed E-state index contributed by atoms with van der Waals surface area (Å²) in [7, 11) is 1.60. The van der Waals surface area contributed by atoms with E-state index < -0.39 is 5.60 Å². The number of hydrogen-bond acceptors (Lipinski definition) is 5. The number of anilines is 1. The van der Waals surface area contributed by atoms with E-state index in [-0.39, 0.29) is 12.0 Å². The van der Waals surface area contributed by atoms with Crippen molar-refractivity contribution in [2.24, 2.45) is 0 Å². The molecular formula is C18H26N2O4. The van der Waals surface area contributed by atoms with Gasteiger partial charge in [0.2, 0.25) is 0 Å². The molecule has 2 aliphatic rings. The van der Waals surface area contributed by atoms with Crippen molar-refractivity contribution in [3.05, 3.63) is 24.3 Å². The van der Waals surface area contributed by atoms with Gasteiger partial charge in [-0.2, -0.15) is 0 Å². The second-order valence-corrected chi connectivity index (χ2v) is 6.37. The van der Waals surface area contributed by atoms with Gasteiger partial charge >= 0.3 is 0 Å². The summed E-state index contributed by atoms with van der Waals surface area (Å²) in [6, 6.07) is 7.44. The summed E-state index contributed by atoms with van der Waals surface area (Å²) >= 11 is 0. The van der Waals surface area contributed by atoms with Gasteiger partial charge in [-0.05, 0) is 63.0 Å². The average molecular weight is 334 g/mol. The van der Waals surface area contributed by atoms with Crippen molar-refractivity contribution in [3.63, 3.8) is 0 Å². The average Bonchev–Trinajstić information content (AvgIpc) is 3.15. The molecule has 0 aliphatic carbocycles. The maximum absolute atomic E-state index is 12.6. The molecule has 2 heterocycles. The van der Waals surface area contributed by atoms with Gasteiger partial charge in [0.1, 0.15) is 18.0 Å². The molecule has 24 heavy (non-hydrogen) atoms. The number of piperidine rings is 1. The molecule has 0 aromatic heterocycles. The number of amides is 1. The van der Waals surface area contributed by atoms with Crippen molar-refractivity contribution in [1.29, 1.82) is 0 Å². The fraction of sp³-hybridized carbons (Fsp3) is 0.611. The molecule has 132 valence electrons. The fourth-order valence-electron chi connectivity index (χ4n) is 3.20. The van der Waals surface area contributed by atoms with Crippen LogP contribution in [0.3, 0.4) is 0 Å². The SMILES string of the molecule is COC1(C(=O)Nc2ccc(OCC3CCCO3)cc2)CCNCC1. The van der Waals surface area contributed by atoms with Gasteiger partial charge in [-0.3, -0.25) is 4.79 Å². The van der Waals surface area contributed by atoms with E-state index in [1.165, 1.54) is 0 Å². The number of benzene rings is 1. The van der Waals surface area contributed by atoms with Gasteiger partial charge < -0.3 is 24.8 Å². The monoisotopic (exact) mass is 334 g/mol. The van der Waals surface area contributed by atoms with E-state index in [0.717, 1.165) is 44.0 Å². The van der Waals surface area contributed by atoms with Crippen LogP contribution in [0.1, 0.15) is 25.7 Å². The van der Waals surface area contributed by atoms with E-state index in [1.807, 2.05) is 24.3 Å². The van der Waals surface area contributed by atoms with Crippen LogP contribution < -0.4 is 15.4 Å². The van der Waals surface area contributed by atoms with Crippen LogP contribution in [0.5, 0.6) is 5.75 Å². The Morgan fingerprint density at radius 3 is 2.71 bits per heavy atom. The Balaban J connectivity index is 1.54. The summed E-state index contributed by atoms with van der Waals surface area (Å²) < 4.78 is 16.8. The lowest BCUT2D eigenvalue weighted by Gasteiger charge is -2.34. The van der Waals surface area contributed by atoms with Crippen molar-refractivity contribution in [2.75, 3.05) is 38.7 Å². The molecule has 0 spiro atoms. The van der Waals surface area contributed by atoms with Crippen molar-refractivity contribution in [1.82, 2.24) is 5.32 Å². The molecule has 0 saturated carbocycles. The number of hydrogen-bond donors (Lipinski definition) is 2. The topological polar surface area (TPSA) is 68.8 Å². The maximum Gasteiger partial charge on any atom is 0.256 e. The third-order valence-electron chi connectivity index (χ3n) is 4.79. The highest BCUT2D eigenvalue weighted by Gasteiger charge is 2.39. The summed E-state index contributed by atoms with van der Waals surface area (Å²) in [5.41, 5.74) is 0.0136. The molecule has 2 fully saturated rings. The molecule has 6 nitrogen and oxygen atoms in total. The Labute approximate surface area is 142 Å². The Hall–Kier alpha value is -1.63. The zero-order valence-corrected chi connectivity index (χ0v) is 14.2. The molecule has 1 aromatic carbocycles. The normalized spacial score (nSPS) is 23.0. The van der Waals surface area contributed by atoms with Gasteiger partial charge in [0.05, 0.1) is 6.10 Å². The minimum absolute atomic E-state index is 0.0838. The second kappa shape index (κ2) is 7.96. The lowest BCUT2D eigenvalue weighted by Crippen LogP contribution is -2.51. The van der Waals surface area contributed by atoms with Crippen LogP contribution in [0.15, 0.2) is 24.3 Å². The first-order valence-corrected chi connectivity index (χ1v) is 8.64. The molecule has 1 unspecified atom stereocenters. The molecule has 2 aliphatic heterocycles. The first-order chi connectivity index (χ1) is 11.7. The standard InChI is InChI=1S/C18H26N2O4/c1-22-18(8-10-19-11-9-18)17(21)20-14-4-6-15(7-5-14)24-13-16-3-2-12-23-16/h4-7,16,19H,2-3,8-13H2,1H3,(H,20,21). The van der Waals surface area contributed by atoms with Crippen molar-refractivity contribution in [2.45, 2.75) is 37.4 Å². The third-order valence-corrected chi connectivity index (χ3v) is 4.79. The Kier molecular flexibility index (Phi) is 5.71. The minimum atomic E-state index is -0.736. The number of ether oxygens (including phenoxy) is 3.